The molecule has 0 unspecified atom stereocenters. The summed E-state index contributed by atoms with van der Waals surface area (Å²) in [7, 11) is 0. The number of hydrogen-bond donors (Lipinski definition) is 1. The van der Waals surface area contributed by atoms with Crippen LogP contribution in [-0.4, -0.2) is 35.1 Å². The quantitative estimate of drug-likeness (QED) is 0.879. The van der Waals surface area contributed by atoms with Gasteiger partial charge in [-0.15, -0.1) is 0 Å². The number of piperidine rings is 1. The van der Waals surface area contributed by atoms with Crippen LogP contribution in [0, 0.1) is 5.92 Å². The molecule has 2 aliphatic rings. The third-order valence-electron chi connectivity index (χ3n) is 5.16. The number of rotatable bonds is 6. The second-order valence-electron chi connectivity index (χ2n) is 7.34. The molecule has 2 heterocycles. The molecule has 4 rings (SSSR count). The Kier molecular flexibility index (Phi) is 4.83. The molecule has 0 spiro atoms. The third-order valence-corrected chi connectivity index (χ3v) is 5.16. The Bertz CT molecular complexity index is 701. The highest BCUT2D eigenvalue weighted by Gasteiger charge is 2.26. The molecule has 0 radical (unpaired) electrons. The first kappa shape index (κ1) is 16.3. The van der Waals surface area contributed by atoms with Gasteiger partial charge < -0.3 is 9.84 Å². The summed E-state index contributed by atoms with van der Waals surface area (Å²) in [5.74, 6) is 1.43. The highest BCUT2D eigenvalue weighted by atomic mass is 16.5. The van der Waals surface area contributed by atoms with Gasteiger partial charge in [-0.2, -0.15) is 0 Å². The lowest BCUT2D eigenvalue weighted by Crippen LogP contribution is -2.33. The van der Waals surface area contributed by atoms with Gasteiger partial charge in [-0.1, -0.05) is 35.5 Å². The molecule has 1 saturated carbocycles. The van der Waals surface area contributed by atoms with E-state index in [0.29, 0.717) is 11.7 Å². The summed E-state index contributed by atoms with van der Waals surface area (Å²) in [6.45, 7) is 2.88. The molecule has 1 saturated heterocycles. The Balaban J connectivity index is 1.24. The molecule has 2 fully saturated rings. The summed E-state index contributed by atoms with van der Waals surface area (Å²) >= 11 is 0. The van der Waals surface area contributed by atoms with Gasteiger partial charge in [-0.25, -0.2) is 0 Å². The molecule has 1 amide bonds. The standard InChI is InChI=1S/C20H25N3O2/c24-20(21-17-6-7-17)19-13-18(25-22-19)14-23-10-8-16(9-11-23)12-15-4-2-1-3-5-15/h1-5,13,16-17H,6-12,14H2,(H,21,24). The Labute approximate surface area is 148 Å². The molecule has 25 heavy (non-hydrogen) atoms. The van der Waals surface area contributed by atoms with Crippen molar-refractivity contribution in [3.63, 3.8) is 0 Å². The first-order chi connectivity index (χ1) is 12.3. The van der Waals surface area contributed by atoms with Gasteiger partial charge in [0.2, 0.25) is 0 Å². The van der Waals surface area contributed by atoms with Crippen LogP contribution in [-0.2, 0) is 13.0 Å². The molecule has 1 N–H and O–H groups in total. The van der Waals surface area contributed by atoms with E-state index in [9.17, 15) is 4.79 Å². The van der Waals surface area contributed by atoms with E-state index in [-0.39, 0.29) is 5.91 Å². The van der Waals surface area contributed by atoms with Crippen LogP contribution in [0.4, 0.5) is 0 Å². The normalized spacial score (nSPS) is 19.0. The molecular weight excluding hydrogens is 314 g/mol. The van der Waals surface area contributed by atoms with Gasteiger partial charge in [0.15, 0.2) is 11.5 Å². The summed E-state index contributed by atoms with van der Waals surface area (Å²) in [6.07, 6.45) is 5.74. The third kappa shape index (κ3) is 4.48. The van der Waals surface area contributed by atoms with Gasteiger partial charge >= 0.3 is 0 Å². The van der Waals surface area contributed by atoms with Crippen LogP contribution in [0.1, 0.15) is 47.5 Å². The van der Waals surface area contributed by atoms with Crippen molar-refractivity contribution in [2.24, 2.45) is 5.92 Å². The Morgan fingerprint density at radius 3 is 2.64 bits per heavy atom. The number of benzene rings is 1. The predicted octanol–water partition coefficient (Wildman–Crippen LogP) is 3.02. The lowest BCUT2D eigenvalue weighted by molar-refractivity contribution is 0.0941. The maximum absolute atomic E-state index is 12.0. The highest BCUT2D eigenvalue weighted by Crippen LogP contribution is 2.23. The molecule has 0 atom stereocenters. The van der Waals surface area contributed by atoms with Gasteiger partial charge in [0.05, 0.1) is 6.54 Å². The molecule has 2 aromatic rings. The molecule has 1 aliphatic carbocycles. The highest BCUT2D eigenvalue weighted by molar-refractivity contribution is 5.92. The van der Waals surface area contributed by atoms with Gasteiger partial charge in [-0.3, -0.25) is 9.69 Å². The Morgan fingerprint density at radius 1 is 1.16 bits per heavy atom. The van der Waals surface area contributed by atoms with E-state index in [1.807, 2.05) is 0 Å². The largest absolute Gasteiger partial charge is 0.359 e. The summed E-state index contributed by atoms with van der Waals surface area (Å²) in [6, 6.07) is 12.9. The number of carbonyl (C=O) groups is 1. The molecule has 0 bridgehead atoms. The van der Waals surface area contributed by atoms with Crippen molar-refractivity contribution in [2.45, 2.75) is 44.7 Å². The smallest absolute Gasteiger partial charge is 0.273 e. The minimum absolute atomic E-state index is 0.112. The van der Waals surface area contributed by atoms with E-state index in [1.165, 1.54) is 24.8 Å². The van der Waals surface area contributed by atoms with Crippen molar-refractivity contribution in [2.75, 3.05) is 13.1 Å². The van der Waals surface area contributed by atoms with E-state index >= 15 is 0 Å². The average Bonchev–Trinajstić information content (AvgIpc) is 3.32. The minimum atomic E-state index is -0.112. The van der Waals surface area contributed by atoms with Crippen LogP contribution in [0.15, 0.2) is 40.9 Å². The average molecular weight is 339 g/mol. The first-order valence-corrected chi connectivity index (χ1v) is 9.29. The number of aromatic nitrogens is 1. The Morgan fingerprint density at radius 2 is 1.92 bits per heavy atom. The fourth-order valence-electron chi connectivity index (χ4n) is 3.50. The van der Waals surface area contributed by atoms with Crippen LogP contribution in [0.3, 0.4) is 0 Å². The molecule has 1 aromatic heterocycles. The molecule has 5 nitrogen and oxygen atoms in total. The van der Waals surface area contributed by atoms with E-state index < -0.39 is 0 Å². The lowest BCUT2D eigenvalue weighted by atomic mass is 9.90. The monoisotopic (exact) mass is 339 g/mol. The van der Waals surface area contributed by atoms with Crippen LogP contribution in [0.5, 0.6) is 0 Å². The molecular formula is C20H25N3O2. The SMILES string of the molecule is O=C(NC1CC1)c1cc(CN2CCC(Cc3ccccc3)CC2)on1. The van der Waals surface area contributed by atoms with Crippen molar-refractivity contribution in [1.82, 2.24) is 15.4 Å². The van der Waals surface area contributed by atoms with Crippen molar-refractivity contribution in [3.05, 3.63) is 53.4 Å². The fraction of sp³-hybridized carbons (Fsp3) is 0.500. The van der Waals surface area contributed by atoms with Crippen LogP contribution < -0.4 is 5.32 Å². The van der Waals surface area contributed by atoms with Crippen molar-refractivity contribution in [1.29, 1.82) is 0 Å². The van der Waals surface area contributed by atoms with E-state index in [2.05, 4.69) is 45.7 Å². The predicted molar refractivity (Wildman–Crippen MR) is 95.1 cm³/mol. The number of likely N-dealkylation sites (tertiary alicyclic amines) is 1. The van der Waals surface area contributed by atoms with Gasteiger partial charge in [0.25, 0.3) is 5.91 Å². The molecule has 1 aromatic carbocycles. The molecule has 132 valence electrons. The summed E-state index contributed by atoms with van der Waals surface area (Å²) in [5.41, 5.74) is 1.84. The van der Waals surface area contributed by atoms with Gasteiger partial charge in [0.1, 0.15) is 0 Å². The second-order valence-corrected chi connectivity index (χ2v) is 7.34. The number of amides is 1. The fourth-order valence-corrected chi connectivity index (χ4v) is 3.50. The zero-order valence-corrected chi connectivity index (χ0v) is 14.5. The zero-order valence-electron chi connectivity index (χ0n) is 14.5. The summed E-state index contributed by atoms with van der Waals surface area (Å²) in [4.78, 5) is 14.4. The number of nitrogens with zero attached hydrogens (tertiary/aromatic N) is 2. The maximum Gasteiger partial charge on any atom is 0.273 e. The van der Waals surface area contributed by atoms with Crippen LogP contribution in [0.2, 0.25) is 0 Å². The number of carbonyl (C=O) groups excluding carboxylic acids is 1. The lowest BCUT2D eigenvalue weighted by Gasteiger charge is -2.31. The summed E-state index contributed by atoms with van der Waals surface area (Å²) in [5, 5.41) is 6.86. The zero-order chi connectivity index (χ0) is 17.1. The van der Waals surface area contributed by atoms with Gasteiger partial charge in [0, 0.05) is 12.1 Å². The first-order valence-electron chi connectivity index (χ1n) is 9.29. The molecule has 1 aliphatic heterocycles. The van der Waals surface area contributed by atoms with Gasteiger partial charge in [-0.05, 0) is 56.7 Å². The van der Waals surface area contributed by atoms with Crippen LogP contribution in [0.25, 0.3) is 0 Å². The van der Waals surface area contributed by atoms with E-state index in [0.717, 1.165) is 44.2 Å². The minimum Gasteiger partial charge on any atom is -0.359 e. The van der Waals surface area contributed by atoms with Crippen molar-refractivity contribution >= 4 is 5.91 Å². The second kappa shape index (κ2) is 7.40. The topological polar surface area (TPSA) is 58.4 Å². The number of hydrogen-bond acceptors (Lipinski definition) is 4. The maximum atomic E-state index is 12.0. The molecule has 5 heteroatoms. The van der Waals surface area contributed by atoms with Crippen molar-refractivity contribution in [3.8, 4) is 0 Å². The van der Waals surface area contributed by atoms with Crippen molar-refractivity contribution < 1.29 is 9.32 Å². The number of nitrogens with one attached hydrogen (secondary N) is 1. The summed E-state index contributed by atoms with van der Waals surface area (Å²) < 4.78 is 5.36. The van der Waals surface area contributed by atoms with Crippen LogP contribution >= 0.6 is 0 Å². The Hall–Kier alpha value is -2.14. The van der Waals surface area contributed by atoms with E-state index in [1.54, 1.807) is 6.07 Å². The van der Waals surface area contributed by atoms with E-state index in [4.69, 9.17) is 4.52 Å².